The Morgan fingerprint density at radius 1 is 0.889 bits per heavy atom. The SMILES string of the molecule is O=c1cc(-c2ccc3ccccc3c2)[nH]c(=S)[nH]1. The maximum Gasteiger partial charge on any atom is 0.252 e. The lowest BCUT2D eigenvalue weighted by molar-refractivity contribution is 1.09. The van der Waals surface area contributed by atoms with Crippen LogP contribution in [0.1, 0.15) is 0 Å². The van der Waals surface area contributed by atoms with Crippen LogP contribution < -0.4 is 5.56 Å². The number of rotatable bonds is 1. The van der Waals surface area contributed by atoms with E-state index in [4.69, 9.17) is 12.2 Å². The minimum Gasteiger partial charge on any atom is -0.332 e. The van der Waals surface area contributed by atoms with Crippen LogP contribution in [0.2, 0.25) is 0 Å². The van der Waals surface area contributed by atoms with E-state index in [1.165, 1.54) is 11.5 Å². The molecule has 0 radical (unpaired) electrons. The summed E-state index contributed by atoms with van der Waals surface area (Å²) in [7, 11) is 0. The zero-order valence-electron chi connectivity index (χ0n) is 9.44. The van der Waals surface area contributed by atoms with Crippen molar-refractivity contribution in [3.63, 3.8) is 0 Å². The number of hydrogen-bond donors (Lipinski definition) is 2. The van der Waals surface area contributed by atoms with Gasteiger partial charge in [-0.05, 0) is 34.6 Å². The Morgan fingerprint density at radius 3 is 2.44 bits per heavy atom. The van der Waals surface area contributed by atoms with E-state index in [9.17, 15) is 4.79 Å². The molecule has 1 aromatic heterocycles. The largest absolute Gasteiger partial charge is 0.332 e. The van der Waals surface area contributed by atoms with Gasteiger partial charge in [0.05, 0.1) is 5.69 Å². The van der Waals surface area contributed by atoms with Gasteiger partial charge in [-0.2, -0.15) is 0 Å². The van der Waals surface area contributed by atoms with Crippen LogP contribution in [0.15, 0.2) is 53.3 Å². The van der Waals surface area contributed by atoms with Gasteiger partial charge in [-0.1, -0.05) is 36.4 Å². The minimum atomic E-state index is -0.193. The summed E-state index contributed by atoms with van der Waals surface area (Å²) in [5, 5.41) is 2.30. The van der Waals surface area contributed by atoms with E-state index in [0.717, 1.165) is 16.6 Å². The highest BCUT2D eigenvalue weighted by molar-refractivity contribution is 7.71. The van der Waals surface area contributed by atoms with Crippen molar-refractivity contribution in [3.05, 3.63) is 63.7 Å². The number of hydrogen-bond acceptors (Lipinski definition) is 2. The van der Waals surface area contributed by atoms with Crippen molar-refractivity contribution in [2.75, 3.05) is 0 Å². The van der Waals surface area contributed by atoms with E-state index >= 15 is 0 Å². The molecule has 0 amide bonds. The van der Waals surface area contributed by atoms with Crippen LogP contribution in [0.25, 0.3) is 22.0 Å². The van der Waals surface area contributed by atoms with Gasteiger partial charge in [0.25, 0.3) is 5.56 Å². The molecule has 0 saturated carbocycles. The van der Waals surface area contributed by atoms with Crippen molar-refractivity contribution in [3.8, 4) is 11.3 Å². The molecule has 88 valence electrons. The van der Waals surface area contributed by atoms with E-state index in [-0.39, 0.29) is 5.56 Å². The lowest BCUT2D eigenvalue weighted by Crippen LogP contribution is -2.06. The van der Waals surface area contributed by atoms with E-state index in [0.29, 0.717) is 4.77 Å². The fourth-order valence-electron chi connectivity index (χ4n) is 1.98. The number of H-pyrrole nitrogens is 2. The predicted molar refractivity (Wildman–Crippen MR) is 75.2 cm³/mol. The molecule has 0 saturated heterocycles. The Hall–Kier alpha value is -2.20. The molecule has 2 aromatic carbocycles. The highest BCUT2D eigenvalue weighted by Gasteiger charge is 2.01. The minimum absolute atomic E-state index is 0.193. The van der Waals surface area contributed by atoms with E-state index in [1.54, 1.807) is 0 Å². The van der Waals surface area contributed by atoms with E-state index in [2.05, 4.69) is 16.0 Å². The molecule has 18 heavy (non-hydrogen) atoms. The lowest BCUT2D eigenvalue weighted by atomic mass is 10.1. The van der Waals surface area contributed by atoms with E-state index < -0.39 is 0 Å². The van der Waals surface area contributed by atoms with Crippen LogP contribution in [0.4, 0.5) is 0 Å². The van der Waals surface area contributed by atoms with Gasteiger partial charge in [0.1, 0.15) is 0 Å². The van der Waals surface area contributed by atoms with Gasteiger partial charge in [0, 0.05) is 6.07 Å². The molecule has 3 rings (SSSR count). The van der Waals surface area contributed by atoms with Gasteiger partial charge in [-0.25, -0.2) is 0 Å². The van der Waals surface area contributed by atoms with Crippen molar-refractivity contribution in [2.45, 2.75) is 0 Å². The molecule has 3 aromatic rings. The van der Waals surface area contributed by atoms with Crippen LogP contribution in [-0.2, 0) is 0 Å². The third-order valence-electron chi connectivity index (χ3n) is 2.82. The molecule has 2 N–H and O–H groups in total. The Bertz CT molecular complexity index is 804. The monoisotopic (exact) mass is 254 g/mol. The molecule has 0 aliphatic carbocycles. The molecule has 0 bridgehead atoms. The molecular formula is C14H10N2OS. The lowest BCUT2D eigenvalue weighted by Gasteiger charge is -2.03. The normalized spacial score (nSPS) is 10.7. The topological polar surface area (TPSA) is 48.6 Å². The Morgan fingerprint density at radius 2 is 1.67 bits per heavy atom. The average molecular weight is 254 g/mol. The second-order valence-electron chi connectivity index (χ2n) is 4.06. The first-order chi connectivity index (χ1) is 8.72. The second-order valence-corrected chi connectivity index (χ2v) is 4.47. The first-order valence-electron chi connectivity index (χ1n) is 5.55. The first-order valence-corrected chi connectivity index (χ1v) is 5.96. The van der Waals surface area contributed by atoms with Gasteiger partial charge < -0.3 is 4.98 Å². The highest BCUT2D eigenvalue weighted by atomic mass is 32.1. The summed E-state index contributed by atoms with van der Waals surface area (Å²) in [4.78, 5) is 16.9. The Kier molecular flexibility index (Phi) is 2.57. The molecule has 3 nitrogen and oxygen atoms in total. The number of aromatic amines is 2. The summed E-state index contributed by atoms with van der Waals surface area (Å²) < 4.78 is 0.339. The van der Waals surface area contributed by atoms with Crippen molar-refractivity contribution in [1.82, 2.24) is 9.97 Å². The van der Waals surface area contributed by atoms with Crippen LogP contribution >= 0.6 is 12.2 Å². The summed E-state index contributed by atoms with van der Waals surface area (Å²) >= 11 is 4.97. The number of nitrogens with one attached hydrogen (secondary N) is 2. The third-order valence-corrected chi connectivity index (χ3v) is 3.02. The van der Waals surface area contributed by atoms with E-state index in [1.807, 2.05) is 36.4 Å². The maximum absolute atomic E-state index is 11.4. The first kappa shape index (κ1) is 10.9. The predicted octanol–water partition coefficient (Wildman–Crippen LogP) is 3.25. The van der Waals surface area contributed by atoms with Crippen molar-refractivity contribution >= 4 is 23.0 Å². The summed E-state index contributed by atoms with van der Waals surface area (Å²) in [6.45, 7) is 0. The molecule has 1 heterocycles. The van der Waals surface area contributed by atoms with Crippen molar-refractivity contribution in [1.29, 1.82) is 0 Å². The van der Waals surface area contributed by atoms with Gasteiger partial charge in [0.2, 0.25) is 0 Å². The molecule has 0 aliphatic heterocycles. The standard InChI is InChI=1S/C14H10N2OS/c17-13-8-12(15-14(18)16-13)11-6-5-9-3-1-2-4-10(9)7-11/h1-8H,(H2,15,16,17,18). The van der Waals surface area contributed by atoms with Crippen LogP contribution in [0.3, 0.4) is 0 Å². The third kappa shape index (κ3) is 1.98. The summed E-state index contributed by atoms with van der Waals surface area (Å²) in [5.41, 5.74) is 1.49. The Balaban J connectivity index is 2.25. The van der Waals surface area contributed by atoms with Crippen LogP contribution in [0, 0.1) is 4.77 Å². The van der Waals surface area contributed by atoms with Gasteiger partial charge in [-0.15, -0.1) is 0 Å². The average Bonchev–Trinajstić information content (AvgIpc) is 2.37. The van der Waals surface area contributed by atoms with Gasteiger partial charge in [-0.3, -0.25) is 9.78 Å². The summed E-state index contributed by atoms with van der Waals surface area (Å²) in [6, 6.07) is 15.6. The number of aromatic nitrogens is 2. The molecule has 0 spiro atoms. The molecule has 0 aliphatic rings. The number of benzene rings is 2. The summed E-state index contributed by atoms with van der Waals surface area (Å²) in [5.74, 6) is 0. The van der Waals surface area contributed by atoms with Crippen molar-refractivity contribution in [2.24, 2.45) is 0 Å². The Labute approximate surface area is 108 Å². The van der Waals surface area contributed by atoms with Crippen LogP contribution in [-0.4, -0.2) is 9.97 Å². The second kappa shape index (κ2) is 4.23. The molecule has 4 heteroatoms. The van der Waals surface area contributed by atoms with Gasteiger partial charge >= 0.3 is 0 Å². The fourth-order valence-corrected chi connectivity index (χ4v) is 2.19. The maximum atomic E-state index is 11.4. The molecule has 0 unspecified atom stereocenters. The van der Waals surface area contributed by atoms with Crippen LogP contribution in [0.5, 0.6) is 0 Å². The molecular weight excluding hydrogens is 244 g/mol. The quantitative estimate of drug-likeness (QED) is 0.655. The molecule has 0 atom stereocenters. The smallest absolute Gasteiger partial charge is 0.252 e. The number of fused-ring (bicyclic) bond motifs is 1. The van der Waals surface area contributed by atoms with Gasteiger partial charge in [0.15, 0.2) is 4.77 Å². The zero-order valence-corrected chi connectivity index (χ0v) is 10.3. The van der Waals surface area contributed by atoms with Crippen molar-refractivity contribution < 1.29 is 0 Å². The highest BCUT2D eigenvalue weighted by Crippen LogP contribution is 2.21. The summed E-state index contributed by atoms with van der Waals surface area (Å²) in [6.07, 6.45) is 0. The molecule has 0 fully saturated rings. The zero-order chi connectivity index (χ0) is 12.5. The fraction of sp³-hybridized carbons (Fsp3) is 0.